The fraction of sp³-hybridized carbons (Fsp3) is 0.500. The minimum atomic E-state index is -0.725. The Morgan fingerprint density at radius 3 is 2.57 bits per heavy atom. The van der Waals surface area contributed by atoms with Crippen molar-refractivity contribution >= 4 is 17.8 Å². The van der Waals surface area contributed by atoms with E-state index in [1.807, 2.05) is 0 Å². The number of esters is 1. The topological polar surface area (TPSA) is 88.9 Å². The van der Waals surface area contributed by atoms with Crippen LogP contribution < -0.4 is 5.32 Å². The monoisotopic (exact) mass is 296 g/mol. The predicted octanol–water partition coefficient (Wildman–Crippen LogP) is 0.665. The van der Waals surface area contributed by atoms with Crippen LogP contribution >= 0.6 is 0 Å². The highest BCUT2D eigenvalue weighted by Gasteiger charge is 2.24. The SMILES string of the molecule is COC(=O)C(C)CN(C)C(=O)C(C)NC(=O)c1ccco1. The van der Waals surface area contributed by atoms with Gasteiger partial charge in [-0.25, -0.2) is 0 Å². The van der Waals surface area contributed by atoms with Crippen LogP contribution in [0.25, 0.3) is 0 Å². The smallest absolute Gasteiger partial charge is 0.310 e. The molecule has 0 radical (unpaired) electrons. The third-order valence-corrected chi connectivity index (χ3v) is 2.99. The van der Waals surface area contributed by atoms with Crippen molar-refractivity contribution < 1.29 is 23.5 Å². The lowest BCUT2D eigenvalue weighted by molar-refractivity contribution is -0.146. The molecule has 0 aliphatic carbocycles. The van der Waals surface area contributed by atoms with Gasteiger partial charge in [0.05, 0.1) is 19.3 Å². The van der Waals surface area contributed by atoms with E-state index in [9.17, 15) is 14.4 Å². The lowest BCUT2D eigenvalue weighted by Crippen LogP contribution is -2.47. The fourth-order valence-corrected chi connectivity index (χ4v) is 1.84. The van der Waals surface area contributed by atoms with Crippen molar-refractivity contribution in [2.75, 3.05) is 20.7 Å². The molecule has 0 saturated heterocycles. The van der Waals surface area contributed by atoms with E-state index in [-0.39, 0.29) is 24.2 Å². The summed E-state index contributed by atoms with van der Waals surface area (Å²) in [7, 11) is 2.87. The van der Waals surface area contributed by atoms with Crippen molar-refractivity contribution in [2.45, 2.75) is 19.9 Å². The molecular weight excluding hydrogens is 276 g/mol. The molecule has 7 nitrogen and oxygen atoms in total. The number of amides is 2. The summed E-state index contributed by atoms with van der Waals surface area (Å²) in [5.41, 5.74) is 0. The zero-order valence-corrected chi connectivity index (χ0v) is 12.6. The van der Waals surface area contributed by atoms with Crippen LogP contribution in [-0.2, 0) is 14.3 Å². The second-order valence-electron chi connectivity index (χ2n) is 4.82. The van der Waals surface area contributed by atoms with E-state index in [0.29, 0.717) is 0 Å². The summed E-state index contributed by atoms with van der Waals surface area (Å²) in [5, 5.41) is 2.54. The minimum absolute atomic E-state index is 0.139. The van der Waals surface area contributed by atoms with Crippen LogP contribution in [0.1, 0.15) is 24.4 Å². The van der Waals surface area contributed by atoms with Gasteiger partial charge < -0.3 is 19.4 Å². The summed E-state index contributed by atoms with van der Waals surface area (Å²) in [6, 6.07) is 2.37. The molecule has 1 aromatic rings. The molecule has 2 amide bonds. The summed E-state index contributed by atoms with van der Waals surface area (Å²) in [5.74, 6) is -1.44. The number of ether oxygens (including phenoxy) is 1. The molecule has 0 bridgehead atoms. The van der Waals surface area contributed by atoms with Gasteiger partial charge in [0.1, 0.15) is 6.04 Å². The van der Waals surface area contributed by atoms with Crippen molar-refractivity contribution in [2.24, 2.45) is 5.92 Å². The molecular formula is C14H20N2O5. The Hall–Kier alpha value is -2.31. The van der Waals surface area contributed by atoms with E-state index in [1.54, 1.807) is 27.0 Å². The first-order valence-corrected chi connectivity index (χ1v) is 6.54. The summed E-state index contributed by atoms with van der Waals surface area (Å²) < 4.78 is 9.56. The van der Waals surface area contributed by atoms with Gasteiger partial charge in [-0.3, -0.25) is 14.4 Å². The maximum absolute atomic E-state index is 12.1. The number of methoxy groups -OCH3 is 1. The third kappa shape index (κ3) is 4.62. The molecule has 116 valence electrons. The molecule has 0 aliphatic rings. The Bertz CT molecular complexity index is 497. The normalized spacial score (nSPS) is 13.1. The summed E-state index contributed by atoms with van der Waals surface area (Å²) in [6.07, 6.45) is 1.38. The number of nitrogens with one attached hydrogen (secondary N) is 1. The van der Waals surface area contributed by atoms with Gasteiger partial charge in [0.2, 0.25) is 5.91 Å². The first-order valence-electron chi connectivity index (χ1n) is 6.54. The van der Waals surface area contributed by atoms with Crippen molar-refractivity contribution in [1.82, 2.24) is 10.2 Å². The van der Waals surface area contributed by atoms with Crippen LogP contribution in [0, 0.1) is 5.92 Å². The number of nitrogens with zero attached hydrogens (tertiary/aromatic N) is 1. The number of likely N-dealkylation sites (N-methyl/N-ethyl adjacent to an activating group) is 1. The molecule has 1 rings (SSSR count). The van der Waals surface area contributed by atoms with Crippen LogP contribution in [0.4, 0.5) is 0 Å². The average molecular weight is 296 g/mol. The average Bonchev–Trinajstić information content (AvgIpc) is 2.99. The number of carbonyl (C=O) groups excluding carboxylic acids is 3. The number of furan rings is 1. The van der Waals surface area contributed by atoms with Gasteiger partial charge in [-0.2, -0.15) is 0 Å². The first kappa shape index (κ1) is 16.7. The molecule has 0 aliphatic heterocycles. The zero-order chi connectivity index (χ0) is 16.0. The predicted molar refractivity (Wildman–Crippen MR) is 74.5 cm³/mol. The molecule has 0 spiro atoms. The van der Waals surface area contributed by atoms with E-state index in [0.717, 1.165) is 0 Å². The number of rotatable bonds is 6. The Labute approximate surface area is 123 Å². The maximum Gasteiger partial charge on any atom is 0.310 e. The largest absolute Gasteiger partial charge is 0.469 e. The molecule has 1 heterocycles. The Morgan fingerprint density at radius 1 is 1.38 bits per heavy atom. The standard InChI is InChI=1S/C14H20N2O5/c1-9(14(19)20-4)8-16(3)13(18)10(2)15-12(17)11-6-5-7-21-11/h5-7,9-10H,8H2,1-4H3,(H,15,17). The fourth-order valence-electron chi connectivity index (χ4n) is 1.84. The second kappa shape index (κ2) is 7.47. The number of hydrogen-bond acceptors (Lipinski definition) is 5. The van der Waals surface area contributed by atoms with Gasteiger partial charge in [-0.15, -0.1) is 0 Å². The van der Waals surface area contributed by atoms with E-state index in [2.05, 4.69) is 10.1 Å². The van der Waals surface area contributed by atoms with Crippen molar-refractivity contribution in [1.29, 1.82) is 0 Å². The third-order valence-electron chi connectivity index (χ3n) is 2.99. The lowest BCUT2D eigenvalue weighted by atomic mass is 10.1. The van der Waals surface area contributed by atoms with E-state index in [1.165, 1.54) is 24.3 Å². The van der Waals surface area contributed by atoms with Gasteiger partial charge in [0, 0.05) is 13.6 Å². The molecule has 2 unspecified atom stereocenters. The number of hydrogen-bond donors (Lipinski definition) is 1. The number of carbonyl (C=O) groups is 3. The summed E-state index contributed by atoms with van der Waals surface area (Å²) in [4.78, 5) is 36.6. The Morgan fingerprint density at radius 2 is 2.05 bits per heavy atom. The highest BCUT2D eigenvalue weighted by Crippen LogP contribution is 2.04. The van der Waals surface area contributed by atoms with Gasteiger partial charge >= 0.3 is 5.97 Å². The minimum Gasteiger partial charge on any atom is -0.469 e. The van der Waals surface area contributed by atoms with Gasteiger partial charge in [0.25, 0.3) is 5.91 Å². The molecule has 7 heteroatoms. The highest BCUT2D eigenvalue weighted by molar-refractivity contribution is 5.95. The first-order chi connectivity index (χ1) is 9.86. The lowest BCUT2D eigenvalue weighted by Gasteiger charge is -2.23. The molecule has 1 N–H and O–H groups in total. The molecule has 0 saturated carbocycles. The summed E-state index contributed by atoms with van der Waals surface area (Å²) in [6.45, 7) is 3.46. The highest BCUT2D eigenvalue weighted by atomic mass is 16.5. The van der Waals surface area contributed by atoms with Gasteiger partial charge in [-0.05, 0) is 19.1 Å². The second-order valence-corrected chi connectivity index (χ2v) is 4.82. The van der Waals surface area contributed by atoms with Crippen molar-refractivity contribution in [3.8, 4) is 0 Å². The Balaban J connectivity index is 2.53. The molecule has 21 heavy (non-hydrogen) atoms. The van der Waals surface area contributed by atoms with Crippen molar-refractivity contribution in [3.05, 3.63) is 24.2 Å². The van der Waals surface area contributed by atoms with E-state index >= 15 is 0 Å². The maximum atomic E-state index is 12.1. The Kier molecular flexibility index (Phi) is 5.95. The van der Waals surface area contributed by atoms with Crippen LogP contribution in [0.15, 0.2) is 22.8 Å². The zero-order valence-electron chi connectivity index (χ0n) is 12.6. The molecule has 0 aromatic carbocycles. The van der Waals surface area contributed by atoms with Gasteiger partial charge in [-0.1, -0.05) is 6.92 Å². The quantitative estimate of drug-likeness (QED) is 0.779. The van der Waals surface area contributed by atoms with Crippen LogP contribution in [0.3, 0.4) is 0 Å². The molecule has 1 aromatic heterocycles. The van der Waals surface area contributed by atoms with Crippen LogP contribution in [0.2, 0.25) is 0 Å². The summed E-state index contributed by atoms with van der Waals surface area (Å²) >= 11 is 0. The van der Waals surface area contributed by atoms with Gasteiger partial charge in [0.15, 0.2) is 5.76 Å². The molecule has 0 fully saturated rings. The van der Waals surface area contributed by atoms with Crippen LogP contribution in [-0.4, -0.2) is 49.4 Å². The molecule has 2 atom stereocenters. The van der Waals surface area contributed by atoms with Crippen LogP contribution in [0.5, 0.6) is 0 Å². The van der Waals surface area contributed by atoms with E-state index < -0.39 is 17.9 Å². The van der Waals surface area contributed by atoms with E-state index in [4.69, 9.17) is 4.42 Å². The van der Waals surface area contributed by atoms with Crippen molar-refractivity contribution in [3.63, 3.8) is 0 Å².